The maximum Gasteiger partial charge on any atom is 0.291 e. The lowest BCUT2D eigenvalue weighted by Crippen LogP contribution is -2.34. The van der Waals surface area contributed by atoms with E-state index in [9.17, 15) is 16.8 Å². The second kappa shape index (κ2) is 9.70. The molecule has 10 heteroatoms. The van der Waals surface area contributed by atoms with E-state index in [4.69, 9.17) is 14.2 Å². The molecule has 0 aromatic carbocycles. The van der Waals surface area contributed by atoms with Crippen molar-refractivity contribution in [1.82, 2.24) is 5.32 Å². The van der Waals surface area contributed by atoms with Gasteiger partial charge in [0.15, 0.2) is 5.44 Å². The van der Waals surface area contributed by atoms with E-state index in [-0.39, 0.29) is 12.2 Å². The van der Waals surface area contributed by atoms with Gasteiger partial charge in [-0.2, -0.15) is 16.8 Å². The summed E-state index contributed by atoms with van der Waals surface area (Å²) < 4.78 is 57.0. The van der Waals surface area contributed by atoms with E-state index >= 15 is 0 Å². The molecule has 1 atom stereocenters. The van der Waals surface area contributed by atoms with Crippen LogP contribution < -0.4 is 5.32 Å². The number of aliphatic hydroxyl groups excluding tert-OH is 1. The summed E-state index contributed by atoms with van der Waals surface area (Å²) in [6.45, 7) is 1.82. The van der Waals surface area contributed by atoms with Crippen molar-refractivity contribution in [3.8, 4) is 0 Å². The van der Waals surface area contributed by atoms with Crippen LogP contribution in [-0.4, -0.2) is 54.8 Å². The van der Waals surface area contributed by atoms with E-state index < -0.39 is 25.7 Å². The first kappa shape index (κ1) is 20.7. The van der Waals surface area contributed by atoms with Crippen LogP contribution in [0.1, 0.15) is 45.4 Å². The van der Waals surface area contributed by atoms with Crippen LogP contribution >= 0.6 is 0 Å². The molecule has 0 saturated heterocycles. The Bertz CT molecular complexity index is 469. The predicted molar refractivity (Wildman–Crippen MR) is 79.1 cm³/mol. The molecule has 0 amide bonds. The average Bonchev–Trinajstić information content (AvgIpc) is 2.37. The molecule has 1 aliphatic rings. The predicted octanol–water partition coefficient (Wildman–Crippen LogP) is 0.399. The molecule has 0 aromatic heterocycles. The normalized spacial score (nSPS) is 18.7. The number of hydrogen-bond acceptors (Lipinski definition) is 6. The number of nitrogens with one attached hydrogen (secondary N) is 1. The Kier molecular flexibility index (Phi) is 9.58. The standard InChI is InChI=1S/C8H17NO3S.C3H8O4S/c10-13(11,12)7-6-9-8-4-2-1-3-5-8;1-2-3(4)8(5,6)7/h8-9H,1-7H2,(H,10,11,12);3-4H,2H2,1H3,(H,5,6,7). The van der Waals surface area contributed by atoms with Gasteiger partial charge in [-0.15, -0.1) is 0 Å². The van der Waals surface area contributed by atoms with Gasteiger partial charge in [0, 0.05) is 12.6 Å². The number of aliphatic hydroxyl groups is 1. The third kappa shape index (κ3) is 12.0. The first-order chi connectivity index (χ1) is 9.56. The van der Waals surface area contributed by atoms with Crippen molar-refractivity contribution in [1.29, 1.82) is 0 Å². The lowest BCUT2D eigenvalue weighted by molar-refractivity contribution is 0.229. The van der Waals surface area contributed by atoms with E-state index in [1.165, 1.54) is 26.2 Å². The van der Waals surface area contributed by atoms with Crippen LogP contribution in [0.15, 0.2) is 0 Å². The zero-order valence-electron chi connectivity index (χ0n) is 12.1. The van der Waals surface area contributed by atoms with Crippen LogP contribution in [0.5, 0.6) is 0 Å². The molecule has 1 fully saturated rings. The van der Waals surface area contributed by atoms with Gasteiger partial charge in [0.2, 0.25) is 0 Å². The molecule has 0 bridgehead atoms. The minimum atomic E-state index is -4.20. The Morgan fingerprint density at radius 2 is 1.62 bits per heavy atom. The quantitative estimate of drug-likeness (QED) is 0.506. The van der Waals surface area contributed by atoms with E-state index in [1.54, 1.807) is 0 Å². The van der Waals surface area contributed by atoms with Gasteiger partial charge in [-0.1, -0.05) is 26.2 Å². The Hall–Kier alpha value is -0.260. The molecule has 4 N–H and O–H groups in total. The smallest absolute Gasteiger partial charge is 0.291 e. The monoisotopic (exact) mass is 347 g/mol. The van der Waals surface area contributed by atoms with E-state index in [1.807, 2.05) is 0 Å². The summed E-state index contributed by atoms with van der Waals surface area (Å²) in [6, 6.07) is 0.454. The molecule has 0 heterocycles. The molecule has 1 aliphatic carbocycles. The van der Waals surface area contributed by atoms with Crippen LogP contribution in [0.25, 0.3) is 0 Å². The lowest BCUT2D eigenvalue weighted by atomic mass is 9.96. The second-order valence-electron chi connectivity index (χ2n) is 4.95. The summed E-state index contributed by atoms with van der Waals surface area (Å²) in [5.41, 5.74) is -1.62. The maximum absolute atomic E-state index is 10.4. The van der Waals surface area contributed by atoms with Crippen LogP contribution in [0.4, 0.5) is 0 Å². The first-order valence-corrected chi connectivity index (χ1v) is 10.0. The van der Waals surface area contributed by atoms with E-state index in [2.05, 4.69) is 5.32 Å². The van der Waals surface area contributed by atoms with Gasteiger partial charge in [-0.3, -0.25) is 9.11 Å². The molecule has 0 aliphatic heterocycles. The number of rotatable bonds is 6. The Morgan fingerprint density at radius 1 is 1.10 bits per heavy atom. The second-order valence-corrected chi connectivity index (χ2v) is 8.10. The molecular weight excluding hydrogens is 322 g/mol. The summed E-state index contributed by atoms with van der Waals surface area (Å²) in [4.78, 5) is 0. The van der Waals surface area contributed by atoms with Crippen molar-refractivity contribution in [3.05, 3.63) is 0 Å². The maximum atomic E-state index is 10.4. The summed E-state index contributed by atoms with van der Waals surface area (Å²) >= 11 is 0. The molecule has 8 nitrogen and oxygen atoms in total. The Balaban J connectivity index is 0.000000433. The molecule has 0 radical (unpaired) electrons. The van der Waals surface area contributed by atoms with Gasteiger partial charge >= 0.3 is 0 Å². The molecule has 0 spiro atoms. The summed E-state index contributed by atoms with van der Waals surface area (Å²) in [5.74, 6) is -0.177. The highest BCUT2D eigenvalue weighted by atomic mass is 32.2. The molecule has 1 unspecified atom stereocenters. The highest BCUT2D eigenvalue weighted by molar-refractivity contribution is 7.86. The van der Waals surface area contributed by atoms with Gasteiger partial charge in [0.25, 0.3) is 20.2 Å². The highest BCUT2D eigenvalue weighted by Gasteiger charge is 2.15. The summed E-state index contributed by atoms with van der Waals surface area (Å²) in [7, 11) is -7.98. The zero-order valence-corrected chi connectivity index (χ0v) is 13.7. The van der Waals surface area contributed by atoms with Crippen LogP contribution in [-0.2, 0) is 20.2 Å². The van der Waals surface area contributed by atoms with Gasteiger partial charge < -0.3 is 10.4 Å². The van der Waals surface area contributed by atoms with Crippen molar-refractivity contribution in [2.45, 2.75) is 56.9 Å². The third-order valence-corrected chi connectivity index (χ3v) is 4.83. The summed E-state index contributed by atoms with van der Waals surface area (Å²) in [6.07, 6.45) is 6.01. The molecule has 1 saturated carbocycles. The molecule has 0 aromatic rings. The third-order valence-electron chi connectivity index (χ3n) is 3.09. The molecule has 128 valence electrons. The van der Waals surface area contributed by atoms with Crippen LogP contribution in [0, 0.1) is 0 Å². The fourth-order valence-electron chi connectivity index (χ4n) is 1.91. The van der Waals surface area contributed by atoms with E-state index in [0.29, 0.717) is 12.6 Å². The molecule has 1 rings (SSSR count). The van der Waals surface area contributed by atoms with Crippen molar-refractivity contribution >= 4 is 20.2 Å². The van der Waals surface area contributed by atoms with Gasteiger partial charge in [-0.05, 0) is 19.3 Å². The Morgan fingerprint density at radius 3 is 1.95 bits per heavy atom. The molecule has 21 heavy (non-hydrogen) atoms. The van der Waals surface area contributed by atoms with E-state index in [0.717, 1.165) is 12.8 Å². The lowest BCUT2D eigenvalue weighted by Gasteiger charge is -2.22. The zero-order chi connectivity index (χ0) is 16.5. The van der Waals surface area contributed by atoms with Crippen LogP contribution in [0.2, 0.25) is 0 Å². The minimum absolute atomic E-state index is 0.0127. The average molecular weight is 347 g/mol. The Labute approximate surface area is 126 Å². The van der Waals surface area contributed by atoms with Crippen molar-refractivity contribution in [2.24, 2.45) is 0 Å². The highest BCUT2D eigenvalue weighted by Crippen LogP contribution is 2.16. The van der Waals surface area contributed by atoms with Gasteiger partial charge in [0.05, 0.1) is 5.75 Å². The minimum Gasteiger partial charge on any atom is -0.375 e. The molecular formula is C11H25NO7S2. The first-order valence-electron chi connectivity index (χ1n) is 6.89. The number of hydrogen-bond donors (Lipinski definition) is 4. The fourth-order valence-corrected chi connectivity index (χ4v) is 2.71. The fraction of sp³-hybridized carbons (Fsp3) is 1.00. The van der Waals surface area contributed by atoms with Crippen molar-refractivity contribution in [2.75, 3.05) is 12.3 Å². The van der Waals surface area contributed by atoms with Crippen molar-refractivity contribution in [3.63, 3.8) is 0 Å². The van der Waals surface area contributed by atoms with Crippen LogP contribution in [0.3, 0.4) is 0 Å². The van der Waals surface area contributed by atoms with Gasteiger partial charge in [-0.25, -0.2) is 0 Å². The SMILES string of the molecule is CCC(O)S(=O)(=O)O.O=S(=O)(O)CCNC1CCCCC1. The van der Waals surface area contributed by atoms with Crippen molar-refractivity contribution < 1.29 is 31.0 Å². The topological polar surface area (TPSA) is 141 Å². The van der Waals surface area contributed by atoms with Gasteiger partial charge in [0.1, 0.15) is 0 Å². The summed E-state index contributed by atoms with van der Waals surface area (Å²) in [5, 5.41) is 11.5. The largest absolute Gasteiger partial charge is 0.375 e.